The Bertz CT molecular complexity index is 1020. The Balaban J connectivity index is 1.50. The Morgan fingerprint density at radius 2 is 1.62 bits per heavy atom. The van der Waals surface area contributed by atoms with E-state index in [2.05, 4.69) is 10.6 Å². The quantitative estimate of drug-likeness (QED) is 0.619. The van der Waals surface area contributed by atoms with Gasteiger partial charge in [0, 0.05) is 11.4 Å². The number of benzene rings is 2. The van der Waals surface area contributed by atoms with Gasteiger partial charge in [-0.15, -0.1) is 0 Å². The molecule has 2 N–H and O–H groups in total. The van der Waals surface area contributed by atoms with Gasteiger partial charge in [-0.05, 0) is 73.5 Å². The first-order valence-electron chi connectivity index (χ1n) is 8.91. The van der Waals surface area contributed by atoms with Gasteiger partial charge in [-0.2, -0.15) is 0 Å². The van der Waals surface area contributed by atoms with Crippen molar-refractivity contribution in [2.45, 2.75) is 13.8 Å². The van der Waals surface area contributed by atoms with E-state index in [0.29, 0.717) is 11.4 Å². The van der Waals surface area contributed by atoms with Crippen molar-refractivity contribution in [3.63, 3.8) is 0 Å². The first kappa shape index (κ1) is 19.9. The van der Waals surface area contributed by atoms with Crippen LogP contribution in [0.2, 0.25) is 0 Å². The molecule has 148 valence electrons. The maximum Gasteiger partial charge on any atom is 0.338 e. The lowest BCUT2D eigenvalue weighted by Crippen LogP contribution is -2.21. The number of anilines is 2. The Morgan fingerprint density at radius 1 is 0.897 bits per heavy atom. The molecule has 0 spiro atoms. The Labute approximate surface area is 167 Å². The highest BCUT2D eigenvalue weighted by Crippen LogP contribution is 2.15. The third kappa shape index (κ3) is 5.32. The fraction of sp³-hybridized carbons (Fsp3) is 0.136. The van der Waals surface area contributed by atoms with Crippen LogP contribution in [0.5, 0.6) is 0 Å². The number of nitrogens with one attached hydrogen (secondary N) is 2. The number of hydrogen-bond donors (Lipinski definition) is 2. The minimum atomic E-state index is -0.635. The summed E-state index contributed by atoms with van der Waals surface area (Å²) in [5.41, 5.74) is 3.58. The maximum atomic E-state index is 12.1. The zero-order valence-electron chi connectivity index (χ0n) is 16.0. The minimum Gasteiger partial charge on any atom is -0.459 e. The van der Waals surface area contributed by atoms with Crippen LogP contribution in [-0.2, 0) is 9.53 Å². The van der Waals surface area contributed by atoms with Crippen LogP contribution in [-0.4, -0.2) is 24.4 Å². The summed E-state index contributed by atoms with van der Waals surface area (Å²) in [7, 11) is 0. The van der Waals surface area contributed by atoms with Crippen LogP contribution < -0.4 is 10.6 Å². The highest BCUT2D eigenvalue weighted by atomic mass is 16.5. The molecule has 29 heavy (non-hydrogen) atoms. The van der Waals surface area contributed by atoms with Crippen LogP contribution >= 0.6 is 0 Å². The van der Waals surface area contributed by atoms with E-state index in [1.807, 2.05) is 26.0 Å². The van der Waals surface area contributed by atoms with Gasteiger partial charge in [0.15, 0.2) is 12.4 Å². The molecule has 0 atom stereocenters. The number of carbonyl (C=O) groups is 3. The molecule has 7 heteroatoms. The summed E-state index contributed by atoms with van der Waals surface area (Å²) < 4.78 is 10.1. The van der Waals surface area contributed by atoms with Crippen LogP contribution in [0.15, 0.2) is 65.3 Å². The highest BCUT2D eigenvalue weighted by molar-refractivity contribution is 6.02. The van der Waals surface area contributed by atoms with E-state index in [9.17, 15) is 14.4 Å². The molecule has 3 rings (SSSR count). The molecule has 0 saturated heterocycles. The number of amides is 2. The molecule has 0 radical (unpaired) electrons. The monoisotopic (exact) mass is 392 g/mol. The lowest BCUT2D eigenvalue weighted by molar-refractivity contribution is -0.119. The molecule has 2 aromatic carbocycles. The van der Waals surface area contributed by atoms with Gasteiger partial charge >= 0.3 is 5.97 Å². The SMILES string of the molecule is Cc1ccc(NC(=O)COC(=O)c2ccc(NC(=O)c3ccco3)cc2)cc1C. The van der Waals surface area contributed by atoms with Crippen molar-refractivity contribution in [1.29, 1.82) is 0 Å². The molecule has 7 nitrogen and oxygen atoms in total. The summed E-state index contributed by atoms with van der Waals surface area (Å²) in [5, 5.41) is 5.34. The normalized spacial score (nSPS) is 10.3. The van der Waals surface area contributed by atoms with Crippen LogP contribution in [0.4, 0.5) is 11.4 Å². The van der Waals surface area contributed by atoms with Gasteiger partial charge in [-0.1, -0.05) is 6.07 Å². The van der Waals surface area contributed by atoms with E-state index in [4.69, 9.17) is 9.15 Å². The molecular formula is C22H20N2O5. The summed E-state index contributed by atoms with van der Waals surface area (Å²) >= 11 is 0. The molecule has 0 aliphatic carbocycles. The van der Waals surface area contributed by atoms with Gasteiger partial charge in [0.2, 0.25) is 0 Å². The number of esters is 1. The van der Waals surface area contributed by atoms with Crippen molar-refractivity contribution in [3.8, 4) is 0 Å². The molecule has 2 amide bonds. The molecule has 0 aliphatic rings. The van der Waals surface area contributed by atoms with Crippen molar-refractivity contribution in [1.82, 2.24) is 0 Å². The van der Waals surface area contributed by atoms with Crippen LogP contribution in [0.3, 0.4) is 0 Å². The van der Waals surface area contributed by atoms with E-state index >= 15 is 0 Å². The van der Waals surface area contributed by atoms with E-state index in [1.165, 1.54) is 18.4 Å². The van der Waals surface area contributed by atoms with Crippen molar-refractivity contribution in [2.75, 3.05) is 17.2 Å². The first-order valence-corrected chi connectivity index (χ1v) is 8.91. The molecule has 0 aliphatic heterocycles. The molecule has 1 aromatic heterocycles. The number of rotatable bonds is 6. The van der Waals surface area contributed by atoms with Gasteiger partial charge in [-0.25, -0.2) is 4.79 Å². The lowest BCUT2D eigenvalue weighted by Gasteiger charge is -2.09. The molecule has 0 saturated carbocycles. The van der Waals surface area contributed by atoms with E-state index in [0.717, 1.165) is 11.1 Å². The van der Waals surface area contributed by atoms with E-state index in [1.54, 1.807) is 30.3 Å². The van der Waals surface area contributed by atoms with Gasteiger partial charge in [-0.3, -0.25) is 9.59 Å². The predicted octanol–water partition coefficient (Wildman–Crippen LogP) is 3.94. The first-order chi connectivity index (χ1) is 13.9. The minimum absolute atomic E-state index is 0.184. The van der Waals surface area contributed by atoms with E-state index < -0.39 is 24.4 Å². The number of aryl methyl sites for hydroxylation is 2. The second kappa shape index (κ2) is 8.88. The standard InChI is InChI=1S/C22H20N2O5/c1-14-5-8-18(12-15(14)2)23-20(25)13-29-22(27)16-6-9-17(10-7-16)24-21(26)19-4-3-11-28-19/h3-12H,13H2,1-2H3,(H,23,25)(H,24,26). The molecule has 0 unspecified atom stereocenters. The number of hydrogen-bond acceptors (Lipinski definition) is 5. The van der Waals surface area contributed by atoms with Crippen LogP contribution in [0.25, 0.3) is 0 Å². The third-order valence-electron chi connectivity index (χ3n) is 4.25. The molecule has 1 heterocycles. The van der Waals surface area contributed by atoms with Crippen molar-refractivity contribution in [3.05, 3.63) is 83.3 Å². The summed E-state index contributed by atoms with van der Waals surface area (Å²) in [6.07, 6.45) is 1.41. The summed E-state index contributed by atoms with van der Waals surface area (Å²) in [6, 6.07) is 14.8. The third-order valence-corrected chi connectivity index (χ3v) is 4.25. The Morgan fingerprint density at radius 3 is 2.28 bits per heavy atom. The average molecular weight is 392 g/mol. The number of furan rings is 1. The van der Waals surface area contributed by atoms with Crippen molar-refractivity contribution < 1.29 is 23.5 Å². The molecular weight excluding hydrogens is 372 g/mol. The summed E-state index contributed by atoms with van der Waals surface area (Å²) in [6.45, 7) is 3.53. The number of ether oxygens (including phenoxy) is 1. The molecule has 0 fully saturated rings. The fourth-order valence-corrected chi connectivity index (χ4v) is 2.52. The van der Waals surface area contributed by atoms with Crippen molar-refractivity contribution in [2.24, 2.45) is 0 Å². The smallest absolute Gasteiger partial charge is 0.338 e. The highest BCUT2D eigenvalue weighted by Gasteiger charge is 2.12. The zero-order valence-corrected chi connectivity index (χ0v) is 16.0. The summed E-state index contributed by atoms with van der Waals surface area (Å²) in [5.74, 6) is -1.27. The summed E-state index contributed by atoms with van der Waals surface area (Å²) in [4.78, 5) is 36.0. The second-order valence-corrected chi connectivity index (χ2v) is 6.43. The van der Waals surface area contributed by atoms with Gasteiger partial charge in [0.05, 0.1) is 11.8 Å². The second-order valence-electron chi connectivity index (χ2n) is 6.43. The average Bonchev–Trinajstić information content (AvgIpc) is 3.24. The topological polar surface area (TPSA) is 97.6 Å². The van der Waals surface area contributed by atoms with Crippen LogP contribution in [0, 0.1) is 13.8 Å². The number of carbonyl (C=O) groups excluding carboxylic acids is 3. The van der Waals surface area contributed by atoms with Gasteiger partial charge < -0.3 is 19.8 Å². The fourth-order valence-electron chi connectivity index (χ4n) is 2.52. The zero-order chi connectivity index (χ0) is 20.8. The Kier molecular flexibility index (Phi) is 6.09. The van der Waals surface area contributed by atoms with Gasteiger partial charge in [0.25, 0.3) is 11.8 Å². The molecule has 3 aromatic rings. The van der Waals surface area contributed by atoms with Crippen LogP contribution in [0.1, 0.15) is 32.0 Å². The van der Waals surface area contributed by atoms with Crippen molar-refractivity contribution >= 4 is 29.2 Å². The molecule has 0 bridgehead atoms. The maximum absolute atomic E-state index is 12.1. The van der Waals surface area contributed by atoms with Gasteiger partial charge in [0.1, 0.15) is 0 Å². The largest absolute Gasteiger partial charge is 0.459 e. The van der Waals surface area contributed by atoms with E-state index in [-0.39, 0.29) is 11.3 Å². The lowest BCUT2D eigenvalue weighted by atomic mass is 10.1. The Hall–Kier alpha value is -3.87. The predicted molar refractivity (Wildman–Crippen MR) is 108 cm³/mol.